The number of pyridine rings is 2. The second kappa shape index (κ2) is 9.85. The maximum atomic E-state index is 15.2. The number of piperazine rings is 1. The Balaban J connectivity index is 1.41. The van der Waals surface area contributed by atoms with E-state index in [4.69, 9.17) is 5.73 Å². The highest BCUT2D eigenvalue weighted by molar-refractivity contribution is 5.95. The first-order valence-electron chi connectivity index (χ1n) is 12.1. The van der Waals surface area contributed by atoms with Crippen molar-refractivity contribution in [2.75, 3.05) is 31.9 Å². The summed E-state index contributed by atoms with van der Waals surface area (Å²) >= 11 is 0. The number of carbonyl (C=O) groups excluding carboxylic acids is 1. The number of amides is 1. The van der Waals surface area contributed by atoms with Crippen LogP contribution in [0.25, 0.3) is 11.1 Å². The van der Waals surface area contributed by atoms with Gasteiger partial charge in [0.25, 0.3) is 5.91 Å². The summed E-state index contributed by atoms with van der Waals surface area (Å²) in [5, 5.41) is 0. The number of hydrogen-bond acceptors (Lipinski definition) is 5. The lowest BCUT2D eigenvalue weighted by molar-refractivity contribution is 0.0623. The first-order valence-corrected chi connectivity index (χ1v) is 12.1. The predicted molar refractivity (Wildman–Crippen MR) is 134 cm³/mol. The van der Waals surface area contributed by atoms with Crippen molar-refractivity contribution in [1.82, 2.24) is 19.8 Å². The van der Waals surface area contributed by atoms with Crippen LogP contribution < -0.4 is 5.73 Å². The predicted octanol–water partition coefficient (Wildman–Crippen LogP) is 3.75. The lowest BCUT2D eigenvalue weighted by Crippen LogP contribution is -2.49. The van der Waals surface area contributed by atoms with Crippen molar-refractivity contribution in [1.29, 1.82) is 0 Å². The van der Waals surface area contributed by atoms with E-state index in [2.05, 4.69) is 26.7 Å². The number of nitrogens with zero attached hydrogens (tertiary/aromatic N) is 4. The Kier molecular flexibility index (Phi) is 6.47. The number of carbonyl (C=O) groups is 1. The normalized spacial score (nSPS) is 16.0. The average Bonchev–Trinajstić information content (AvgIpc) is 3.73. The van der Waals surface area contributed by atoms with Crippen molar-refractivity contribution in [2.24, 2.45) is 0 Å². The molecule has 2 fully saturated rings. The molecule has 1 amide bonds. The minimum absolute atomic E-state index is 0.110. The number of hydrogen-bond donors (Lipinski definition) is 1. The molecule has 1 aliphatic heterocycles. The molecule has 1 aliphatic carbocycles. The first kappa shape index (κ1) is 23.0. The van der Waals surface area contributed by atoms with E-state index < -0.39 is 5.82 Å². The highest BCUT2D eigenvalue weighted by Crippen LogP contribution is 2.29. The number of anilines is 1. The molecule has 2 aromatic heterocycles. The Morgan fingerprint density at radius 3 is 2.54 bits per heavy atom. The summed E-state index contributed by atoms with van der Waals surface area (Å²) in [5.41, 5.74) is 9.50. The van der Waals surface area contributed by atoms with Gasteiger partial charge in [0.1, 0.15) is 11.6 Å². The first-order chi connectivity index (χ1) is 17.0. The van der Waals surface area contributed by atoms with Gasteiger partial charge in [0.05, 0.1) is 16.8 Å². The smallest absolute Gasteiger partial charge is 0.256 e. The van der Waals surface area contributed by atoms with E-state index in [0.717, 1.165) is 35.5 Å². The van der Waals surface area contributed by atoms with Gasteiger partial charge >= 0.3 is 0 Å². The van der Waals surface area contributed by atoms with Crippen LogP contribution in [0.3, 0.4) is 0 Å². The molecular formula is C28H28FN5O. The summed E-state index contributed by atoms with van der Waals surface area (Å²) < 4.78 is 15.2. The van der Waals surface area contributed by atoms with Gasteiger partial charge in [-0.05, 0) is 55.2 Å². The Morgan fingerprint density at radius 2 is 1.89 bits per heavy atom. The lowest BCUT2D eigenvalue weighted by atomic mass is 9.96. The largest absolute Gasteiger partial charge is 0.384 e. The van der Waals surface area contributed by atoms with Crippen molar-refractivity contribution in [3.05, 3.63) is 77.0 Å². The highest BCUT2D eigenvalue weighted by Gasteiger charge is 2.32. The SMILES string of the molecule is CCc1nccc(-c2ccc(C(=O)N3CCN(C4CC4)CC3)c(F)c2)c1C#Cc1ccc(N)nc1. The number of halogens is 1. The fourth-order valence-electron chi connectivity index (χ4n) is 4.52. The van der Waals surface area contributed by atoms with E-state index in [1.165, 1.54) is 18.9 Å². The monoisotopic (exact) mass is 469 g/mol. The van der Waals surface area contributed by atoms with Gasteiger partial charge < -0.3 is 10.6 Å². The molecule has 3 aromatic rings. The molecule has 6 nitrogen and oxygen atoms in total. The number of aryl methyl sites for hydroxylation is 1. The van der Waals surface area contributed by atoms with Crippen LogP contribution in [0.2, 0.25) is 0 Å². The molecule has 1 saturated carbocycles. The maximum absolute atomic E-state index is 15.2. The van der Waals surface area contributed by atoms with Crippen LogP contribution in [0.4, 0.5) is 10.2 Å². The topological polar surface area (TPSA) is 75.4 Å². The van der Waals surface area contributed by atoms with E-state index in [1.807, 2.05) is 19.1 Å². The van der Waals surface area contributed by atoms with Crippen LogP contribution in [0, 0.1) is 17.7 Å². The average molecular weight is 470 g/mol. The molecule has 178 valence electrons. The molecule has 3 heterocycles. The third kappa shape index (κ3) is 5.03. The number of aromatic nitrogens is 2. The van der Waals surface area contributed by atoms with E-state index in [9.17, 15) is 4.79 Å². The summed E-state index contributed by atoms with van der Waals surface area (Å²) in [6.07, 6.45) is 6.52. The summed E-state index contributed by atoms with van der Waals surface area (Å²) in [6.45, 7) is 5.01. The zero-order valence-electron chi connectivity index (χ0n) is 19.8. The molecule has 0 atom stereocenters. The number of benzene rings is 1. The van der Waals surface area contributed by atoms with Crippen LogP contribution in [0.1, 0.15) is 46.9 Å². The van der Waals surface area contributed by atoms with Gasteiger partial charge in [0, 0.05) is 55.7 Å². The highest BCUT2D eigenvalue weighted by atomic mass is 19.1. The minimum atomic E-state index is -0.520. The Bertz CT molecular complexity index is 1300. The molecule has 0 bridgehead atoms. The fraction of sp³-hybridized carbons (Fsp3) is 0.321. The van der Waals surface area contributed by atoms with E-state index in [0.29, 0.717) is 36.9 Å². The van der Waals surface area contributed by atoms with Crippen molar-refractivity contribution >= 4 is 11.7 Å². The molecule has 5 rings (SSSR count). The van der Waals surface area contributed by atoms with Crippen molar-refractivity contribution in [3.8, 4) is 23.0 Å². The van der Waals surface area contributed by atoms with Crippen molar-refractivity contribution in [3.63, 3.8) is 0 Å². The number of rotatable bonds is 4. The molecule has 0 radical (unpaired) electrons. The van der Waals surface area contributed by atoms with E-state index >= 15 is 4.39 Å². The quantitative estimate of drug-likeness (QED) is 0.589. The van der Waals surface area contributed by atoms with Gasteiger partial charge in [-0.1, -0.05) is 24.8 Å². The van der Waals surface area contributed by atoms with Crippen LogP contribution in [0.5, 0.6) is 0 Å². The third-order valence-electron chi connectivity index (χ3n) is 6.66. The molecule has 1 saturated heterocycles. The number of nitrogen functional groups attached to an aromatic ring is 1. The summed E-state index contributed by atoms with van der Waals surface area (Å²) in [6, 6.07) is 10.8. The second-order valence-corrected chi connectivity index (χ2v) is 9.01. The van der Waals surface area contributed by atoms with Crippen molar-refractivity contribution in [2.45, 2.75) is 32.2 Å². The second-order valence-electron chi connectivity index (χ2n) is 9.01. The Labute approximate surface area is 205 Å². The summed E-state index contributed by atoms with van der Waals surface area (Å²) in [7, 11) is 0. The van der Waals surface area contributed by atoms with Crippen LogP contribution in [-0.4, -0.2) is 57.9 Å². The van der Waals surface area contributed by atoms with E-state index in [-0.39, 0.29) is 11.5 Å². The maximum Gasteiger partial charge on any atom is 0.256 e. The molecule has 2 aliphatic rings. The zero-order chi connectivity index (χ0) is 24.4. The lowest BCUT2D eigenvalue weighted by Gasteiger charge is -2.34. The fourth-order valence-corrected chi connectivity index (χ4v) is 4.52. The van der Waals surface area contributed by atoms with Crippen LogP contribution >= 0.6 is 0 Å². The standard InChI is InChI=1S/C28H28FN5O/c1-2-26-23(8-3-19-4-10-27(30)32-18-19)22(11-12-31-26)20-5-9-24(25(29)17-20)28(35)34-15-13-33(14-16-34)21-6-7-21/h4-5,9-12,17-18,21H,2,6-7,13-16H2,1H3,(H2,30,32). The summed E-state index contributed by atoms with van der Waals surface area (Å²) in [4.78, 5) is 25.8. The summed E-state index contributed by atoms with van der Waals surface area (Å²) in [5.74, 6) is 5.97. The van der Waals surface area contributed by atoms with Gasteiger partial charge in [-0.3, -0.25) is 14.7 Å². The molecule has 1 aromatic carbocycles. The van der Waals surface area contributed by atoms with E-state index in [1.54, 1.807) is 35.5 Å². The third-order valence-corrected chi connectivity index (χ3v) is 6.66. The van der Waals surface area contributed by atoms with Gasteiger partial charge in [-0.25, -0.2) is 9.37 Å². The van der Waals surface area contributed by atoms with Gasteiger partial charge in [-0.2, -0.15) is 0 Å². The molecular weight excluding hydrogens is 441 g/mol. The van der Waals surface area contributed by atoms with Crippen molar-refractivity contribution < 1.29 is 9.18 Å². The molecule has 0 unspecified atom stereocenters. The molecule has 2 N–H and O–H groups in total. The van der Waals surface area contributed by atoms with Gasteiger partial charge in [0.15, 0.2) is 0 Å². The molecule has 0 spiro atoms. The van der Waals surface area contributed by atoms with Crippen LogP contribution in [0.15, 0.2) is 48.8 Å². The van der Waals surface area contributed by atoms with Crippen LogP contribution in [-0.2, 0) is 6.42 Å². The zero-order valence-corrected chi connectivity index (χ0v) is 19.8. The van der Waals surface area contributed by atoms with Gasteiger partial charge in [0.2, 0.25) is 0 Å². The number of nitrogens with two attached hydrogens (primary N) is 1. The molecule has 7 heteroatoms. The minimum Gasteiger partial charge on any atom is -0.384 e. The van der Waals surface area contributed by atoms with Gasteiger partial charge in [-0.15, -0.1) is 0 Å². The Hall–Kier alpha value is -3.76. The Morgan fingerprint density at radius 1 is 1.09 bits per heavy atom. The molecule has 35 heavy (non-hydrogen) atoms.